The normalized spacial score (nSPS) is 15.9. The molecule has 2 N–H and O–H groups in total. The van der Waals surface area contributed by atoms with E-state index < -0.39 is 15.9 Å². The van der Waals surface area contributed by atoms with E-state index in [1.165, 1.54) is 4.31 Å². The maximum Gasteiger partial charge on any atom is 0.272 e. The van der Waals surface area contributed by atoms with E-state index in [9.17, 15) is 13.2 Å². The van der Waals surface area contributed by atoms with Gasteiger partial charge in [0.05, 0.1) is 11.6 Å². The van der Waals surface area contributed by atoms with E-state index in [2.05, 4.69) is 17.2 Å². The number of anilines is 1. The van der Waals surface area contributed by atoms with Gasteiger partial charge in [-0.05, 0) is 56.4 Å². The third-order valence-corrected chi connectivity index (χ3v) is 7.36. The summed E-state index contributed by atoms with van der Waals surface area (Å²) >= 11 is 0. The highest BCUT2D eigenvalue weighted by molar-refractivity contribution is 7.89. The van der Waals surface area contributed by atoms with Crippen LogP contribution >= 0.6 is 0 Å². The molecule has 0 radical (unpaired) electrons. The van der Waals surface area contributed by atoms with E-state index in [0.29, 0.717) is 41.5 Å². The lowest BCUT2D eigenvalue weighted by Crippen LogP contribution is -2.38. The van der Waals surface area contributed by atoms with Crippen molar-refractivity contribution in [3.8, 4) is 6.07 Å². The number of nitriles is 1. The number of nitrogens with zero attached hydrogens (tertiary/aromatic N) is 2. The Morgan fingerprint density at radius 2 is 1.96 bits per heavy atom. The second-order valence-corrected chi connectivity index (χ2v) is 9.19. The molecule has 1 amide bonds. The van der Waals surface area contributed by atoms with Crippen molar-refractivity contribution >= 4 is 21.6 Å². The molecule has 0 saturated carbocycles. The highest BCUT2D eigenvalue weighted by Gasteiger charge is 2.33. The van der Waals surface area contributed by atoms with Gasteiger partial charge < -0.3 is 10.3 Å². The third-order valence-electron chi connectivity index (χ3n) is 5.19. The van der Waals surface area contributed by atoms with Gasteiger partial charge in [0.15, 0.2) is 0 Å². The van der Waals surface area contributed by atoms with Crippen molar-refractivity contribution < 1.29 is 13.2 Å². The molecule has 3 rings (SSSR count). The molecule has 1 aromatic heterocycles. The van der Waals surface area contributed by atoms with Crippen LogP contribution in [0, 0.1) is 31.1 Å². The van der Waals surface area contributed by atoms with Crippen LogP contribution in [-0.2, 0) is 10.0 Å². The lowest BCUT2D eigenvalue weighted by molar-refractivity contribution is 0.102. The standard InChI is InChI=1S/C20H24N4O3S/c1-13-7-9-24(10-8-13)28(26,27)19-14(2)18(22-15(19)3)20(25)23-17-6-4-5-16(11-17)12-21/h4-6,11,13,22H,7-10H2,1-3H3,(H,23,25). The Morgan fingerprint density at radius 3 is 2.61 bits per heavy atom. The molecule has 28 heavy (non-hydrogen) atoms. The minimum atomic E-state index is -3.66. The molecule has 0 aliphatic carbocycles. The lowest BCUT2D eigenvalue weighted by Gasteiger charge is -2.29. The summed E-state index contributed by atoms with van der Waals surface area (Å²) in [4.78, 5) is 15.8. The van der Waals surface area contributed by atoms with E-state index in [-0.39, 0.29) is 10.6 Å². The molecular formula is C20H24N4O3S. The number of carbonyl (C=O) groups is 1. The van der Waals surface area contributed by atoms with Crippen molar-refractivity contribution in [1.82, 2.24) is 9.29 Å². The smallest absolute Gasteiger partial charge is 0.272 e. The summed E-state index contributed by atoms with van der Waals surface area (Å²) in [6.45, 7) is 6.43. The Hall–Kier alpha value is -2.63. The van der Waals surface area contributed by atoms with Gasteiger partial charge in [0.1, 0.15) is 10.6 Å². The van der Waals surface area contributed by atoms with Crippen molar-refractivity contribution in [1.29, 1.82) is 5.26 Å². The molecule has 0 bridgehead atoms. The number of nitrogens with one attached hydrogen (secondary N) is 2. The van der Waals surface area contributed by atoms with Gasteiger partial charge >= 0.3 is 0 Å². The van der Waals surface area contributed by atoms with Gasteiger partial charge in [0, 0.05) is 24.5 Å². The van der Waals surface area contributed by atoms with Crippen LogP contribution in [0.3, 0.4) is 0 Å². The van der Waals surface area contributed by atoms with Crippen LogP contribution in [0.1, 0.15) is 47.1 Å². The Morgan fingerprint density at radius 1 is 1.29 bits per heavy atom. The summed E-state index contributed by atoms with van der Waals surface area (Å²) in [6.07, 6.45) is 1.68. The van der Waals surface area contributed by atoms with Gasteiger partial charge in [-0.3, -0.25) is 4.79 Å². The van der Waals surface area contributed by atoms with Crippen molar-refractivity contribution in [3.63, 3.8) is 0 Å². The average molecular weight is 401 g/mol. The molecule has 0 atom stereocenters. The third kappa shape index (κ3) is 3.81. The Labute approximate surface area is 165 Å². The van der Waals surface area contributed by atoms with E-state index in [4.69, 9.17) is 5.26 Å². The molecule has 0 spiro atoms. The Bertz CT molecular complexity index is 1040. The average Bonchev–Trinajstić information content (AvgIpc) is 2.97. The number of rotatable bonds is 4. The Balaban J connectivity index is 1.89. The number of hydrogen-bond acceptors (Lipinski definition) is 4. The predicted octanol–water partition coefficient (Wildman–Crippen LogP) is 3.18. The molecule has 1 fully saturated rings. The van der Waals surface area contributed by atoms with Crippen LogP contribution in [0.4, 0.5) is 5.69 Å². The SMILES string of the molecule is Cc1[nH]c(C(=O)Nc2cccc(C#N)c2)c(C)c1S(=O)(=O)N1CCC(C)CC1. The van der Waals surface area contributed by atoms with Crippen molar-refractivity contribution in [2.24, 2.45) is 5.92 Å². The van der Waals surface area contributed by atoms with Crippen LogP contribution in [0.25, 0.3) is 0 Å². The summed E-state index contributed by atoms with van der Waals surface area (Å²) in [6, 6.07) is 8.58. The van der Waals surface area contributed by atoms with Gasteiger partial charge in [-0.2, -0.15) is 9.57 Å². The fourth-order valence-electron chi connectivity index (χ4n) is 3.56. The van der Waals surface area contributed by atoms with Crippen LogP contribution in [0.15, 0.2) is 29.2 Å². The number of benzene rings is 1. The Kier molecular flexibility index (Phi) is 5.59. The lowest BCUT2D eigenvalue weighted by atomic mass is 10.0. The molecule has 1 aliphatic heterocycles. The van der Waals surface area contributed by atoms with Gasteiger partial charge in [0.2, 0.25) is 10.0 Å². The number of amides is 1. The topological polar surface area (TPSA) is 106 Å². The largest absolute Gasteiger partial charge is 0.353 e. The molecule has 2 aromatic rings. The quantitative estimate of drug-likeness (QED) is 0.822. The summed E-state index contributed by atoms with van der Waals surface area (Å²) in [7, 11) is -3.66. The summed E-state index contributed by atoms with van der Waals surface area (Å²) in [5.41, 5.74) is 1.98. The highest BCUT2D eigenvalue weighted by atomic mass is 32.2. The van der Waals surface area contributed by atoms with Crippen LogP contribution in [-0.4, -0.2) is 36.7 Å². The number of aryl methyl sites for hydroxylation is 1. The number of aromatic amines is 1. The van der Waals surface area contributed by atoms with Crippen molar-refractivity contribution in [3.05, 3.63) is 46.8 Å². The number of aromatic nitrogens is 1. The maximum absolute atomic E-state index is 13.2. The number of carbonyl (C=O) groups excluding carboxylic acids is 1. The first-order valence-corrected chi connectivity index (χ1v) is 10.7. The monoisotopic (exact) mass is 400 g/mol. The van der Waals surface area contributed by atoms with Crippen molar-refractivity contribution in [2.75, 3.05) is 18.4 Å². The fraction of sp³-hybridized carbons (Fsp3) is 0.400. The molecular weight excluding hydrogens is 376 g/mol. The van der Waals surface area contributed by atoms with Gasteiger partial charge in [-0.15, -0.1) is 0 Å². The minimum absolute atomic E-state index is 0.179. The number of sulfonamides is 1. The van der Waals surface area contributed by atoms with E-state index >= 15 is 0 Å². The summed E-state index contributed by atoms with van der Waals surface area (Å²) in [5.74, 6) is 0.0785. The van der Waals surface area contributed by atoms with E-state index in [1.807, 2.05) is 6.07 Å². The number of H-pyrrole nitrogens is 1. The first-order valence-electron chi connectivity index (χ1n) is 9.25. The predicted molar refractivity (Wildman–Crippen MR) is 107 cm³/mol. The fourth-order valence-corrected chi connectivity index (χ4v) is 5.44. The van der Waals surface area contributed by atoms with Crippen molar-refractivity contribution in [2.45, 2.75) is 38.5 Å². The zero-order chi connectivity index (χ0) is 20.5. The van der Waals surface area contributed by atoms with Crippen LogP contribution in [0.2, 0.25) is 0 Å². The van der Waals surface area contributed by atoms with Gasteiger partial charge in [-0.25, -0.2) is 8.42 Å². The zero-order valence-corrected chi connectivity index (χ0v) is 17.1. The molecule has 1 aliphatic rings. The first-order chi connectivity index (χ1) is 13.2. The van der Waals surface area contributed by atoms with Crippen LogP contribution in [0.5, 0.6) is 0 Å². The zero-order valence-electron chi connectivity index (χ0n) is 16.2. The van der Waals surface area contributed by atoms with E-state index in [0.717, 1.165) is 12.8 Å². The second kappa shape index (κ2) is 7.78. The number of piperidine rings is 1. The molecule has 2 heterocycles. The van der Waals surface area contributed by atoms with Gasteiger partial charge in [-0.1, -0.05) is 13.0 Å². The minimum Gasteiger partial charge on any atom is -0.353 e. The summed E-state index contributed by atoms with van der Waals surface area (Å²) < 4.78 is 27.8. The molecule has 1 saturated heterocycles. The maximum atomic E-state index is 13.2. The molecule has 7 nitrogen and oxygen atoms in total. The second-order valence-electron chi connectivity index (χ2n) is 7.31. The van der Waals surface area contributed by atoms with E-state index in [1.54, 1.807) is 38.1 Å². The molecule has 0 unspecified atom stereocenters. The highest BCUT2D eigenvalue weighted by Crippen LogP contribution is 2.29. The summed E-state index contributed by atoms with van der Waals surface area (Å²) in [5, 5.41) is 11.7. The molecule has 1 aromatic carbocycles. The van der Waals surface area contributed by atoms with Gasteiger partial charge in [0.25, 0.3) is 5.91 Å². The molecule has 148 valence electrons. The molecule has 8 heteroatoms. The van der Waals surface area contributed by atoms with Crippen LogP contribution < -0.4 is 5.32 Å². The number of hydrogen-bond donors (Lipinski definition) is 2. The first kappa shape index (κ1) is 20.1.